The molecule has 0 aliphatic carbocycles. The van der Waals surface area contributed by atoms with Crippen molar-refractivity contribution in [2.75, 3.05) is 12.4 Å². The smallest absolute Gasteiger partial charge is 0.312 e. The average molecular weight is 256 g/mol. The topological polar surface area (TPSA) is 51.2 Å². The van der Waals surface area contributed by atoms with E-state index in [1.807, 2.05) is 49.4 Å². The summed E-state index contributed by atoms with van der Waals surface area (Å²) in [6, 6.07) is 13.3. The number of carbonyl (C=O) groups excluding carboxylic acids is 1. The second-order valence-corrected chi connectivity index (χ2v) is 4.21. The van der Waals surface area contributed by atoms with Gasteiger partial charge in [0.2, 0.25) is 0 Å². The van der Waals surface area contributed by atoms with Crippen LogP contribution in [0.25, 0.3) is 0 Å². The number of pyridine rings is 1. The zero-order valence-corrected chi connectivity index (χ0v) is 11.0. The lowest BCUT2D eigenvalue weighted by molar-refractivity contribution is -0.141. The molecule has 4 nitrogen and oxygen atoms in total. The van der Waals surface area contributed by atoms with Gasteiger partial charge in [0.05, 0.1) is 13.0 Å². The van der Waals surface area contributed by atoms with E-state index in [9.17, 15) is 4.79 Å². The van der Waals surface area contributed by atoms with E-state index in [0.29, 0.717) is 0 Å². The monoisotopic (exact) mass is 256 g/mol. The number of rotatable bonds is 4. The van der Waals surface area contributed by atoms with Crippen LogP contribution in [0.4, 0.5) is 11.5 Å². The molecule has 98 valence electrons. The molecule has 2 rings (SSSR count). The minimum Gasteiger partial charge on any atom is -0.469 e. The first-order valence-electron chi connectivity index (χ1n) is 6.06. The van der Waals surface area contributed by atoms with Crippen molar-refractivity contribution >= 4 is 17.5 Å². The lowest BCUT2D eigenvalue weighted by Gasteiger charge is -2.11. The standard InChI is InChI=1S/C15H16N2O2/c1-11(15(18)19-2)12-6-8-13(9-7-12)17-14-5-3-4-10-16-14/h3-11H,1-2H3,(H,16,17)/t11-/m0/s1. The van der Waals surface area contributed by atoms with Crippen LogP contribution in [-0.4, -0.2) is 18.1 Å². The number of esters is 1. The number of benzene rings is 1. The Hall–Kier alpha value is -2.36. The Bertz CT molecular complexity index is 538. The quantitative estimate of drug-likeness (QED) is 0.854. The van der Waals surface area contributed by atoms with E-state index in [-0.39, 0.29) is 11.9 Å². The van der Waals surface area contributed by atoms with E-state index in [2.05, 4.69) is 10.3 Å². The maximum atomic E-state index is 11.4. The van der Waals surface area contributed by atoms with Crippen molar-refractivity contribution in [3.8, 4) is 0 Å². The molecule has 0 radical (unpaired) electrons. The van der Waals surface area contributed by atoms with Crippen molar-refractivity contribution in [3.05, 3.63) is 54.2 Å². The van der Waals surface area contributed by atoms with Gasteiger partial charge in [0.15, 0.2) is 0 Å². The van der Waals surface area contributed by atoms with Gasteiger partial charge in [-0.25, -0.2) is 4.98 Å². The Morgan fingerprint density at radius 1 is 1.21 bits per heavy atom. The zero-order chi connectivity index (χ0) is 13.7. The van der Waals surface area contributed by atoms with E-state index < -0.39 is 0 Å². The number of aromatic nitrogens is 1. The molecule has 1 aromatic heterocycles. The fourth-order valence-corrected chi connectivity index (χ4v) is 1.75. The molecule has 0 aliphatic rings. The minimum atomic E-state index is -0.256. The zero-order valence-electron chi connectivity index (χ0n) is 11.0. The first-order chi connectivity index (χ1) is 9.20. The molecule has 0 amide bonds. The second kappa shape index (κ2) is 6.00. The van der Waals surface area contributed by atoms with Crippen LogP contribution >= 0.6 is 0 Å². The minimum absolute atomic E-state index is 0.231. The summed E-state index contributed by atoms with van der Waals surface area (Å²) in [5.74, 6) is 0.301. The largest absolute Gasteiger partial charge is 0.469 e. The van der Waals surface area contributed by atoms with Gasteiger partial charge in [-0.2, -0.15) is 0 Å². The highest BCUT2D eigenvalue weighted by Crippen LogP contribution is 2.20. The van der Waals surface area contributed by atoms with Crippen LogP contribution in [0.1, 0.15) is 18.4 Å². The fraction of sp³-hybridized carbons (Fsp3) is 0.200. The SMILES string of the molecule is COC(=O)[C@@H](C)c1ccc(Nc2ccccn2)cc1. The van der Waals surface area contributed by atoms with Gasteiger partial charge >= 0.3 is 5.97 Å². The van der Waals surface area contributed by atoms with Crippen LogP contribution in [0.5, 0.6) is 0 Å². The van der Waals surface area contributed by atoms with Gasteiger partial charge in [0.25, 0.3) is 0 Å². The van der Waals surface area contributed by atoms with Crippen molar-refractivity contribution in [2.45, 2.75) is 12.8 Å². The maximum Gasteiger partial charge on any atom is 0.312 e. The molecular weight excluding hydrogens is 240 g/mol. The summed E-state index contributed by atoms with van der Waals surface area (Å²) in [6.45, 7) is 1.83. The Morgan fingerprint density at radius 2 is 1.95 bits per heavy atom. The Morgan fingerprint density at radius 3 is 2.53 bits per heavy atom. The average Bonchev–Trinajstić information content (AvgIpc) is 2.47. The highest BCUT2D eigenvalue weighted by molar-refractivity contribution is 5.77. The van der Waals surface area contributed by atoms with E-state index in [1.165, 1.54) is 7.11 Å². The number of hydrogen-bond donors (Lipinski definition) is 1. The Kier molecular flexibility index (Phi) is 4.13. The van der Waals surface area contributed by atoms with Crippen molar-refractivity contribution in [1.82, 2.24) is 4.98 Å². The van der Waals surface area contributed by atoms with Gasteiger partial charge < -0.3 is 10.1 Å². The molecule has 0 unspecified atom stereocenters. The summed E-state index contributed by atoms with van der Waals surface area (Å²) in [6.07, 6.45) is 1.73. The third-order valence-corrected chi connectivity index (χ3v) is 2.90. The maximum absolute atomic E-state index is 11.4. The number of nitrogens with zero attached hydrogens (tertiary/aromatic N) is 1. The summed E-state index contributed by atoms with van der Waals surface area (Å²) < 4.78 is 4.73. The highest BCUT2D eigenvalue weighted by Gasteiger charge is 2.14. The normalized spacial score (nSPS) is 11.7. The molecule has 1 aromatic carbocycles. The van der Waals surface area contributed by atoms with Crippen LogP contribution in [0, 0.1) is 0 Å². The molecule has 1 atom stereocenters. The Labute approximate surface area is 112 Å². The third-order valence-electron chi connectivity index (χ3n) is 2.90. The summed E-state index contributed by atoms with van der Waals surface area (Å²) >= 11 is 0. The molecule has 0 fully saturated rings. The predicted molar refractivity (Wildman–Crippen MR) is 74.4 cm³/mol. The van der Waals surface area contributed by atoms with Crippen LogP contribution in [0.3, 0.4) is 0 Å². The fourth-order valence-electron chi connectivity index (χ4n) is 1.75. The van der Waals surface area contributed by atoms with E-state index in [0.717, 1.165) is 17.1 Å². The summed E-state index contributed by atoms with van der Waals surface area (Å²) in [5.41, 5.74) is 1.86. The number of methoxy groups -OCH3 is 1. The summed E-state index contributed by atoms with van der Waals surface area (Å²) in [5, 5.41) is 3.19. The molecule has 2 aromatic rings. The van der Waals surface area contributed by atoms with Gasteiger partial charge in [0, 0.05) is 11.9 Å². The molecular formula is C15H16N2O2. The van der Waals surface area contributed by atoms with Crippen molar-refractivity contribution < 1.29 is 9.53 Å². The predicted octanol–water partition coefficient (Wildman–Crippen LogP) is 3.10. The summed E-state index contributed by atoms with van der Waals surface area (Å²) in [7, 11) is 1.40. The van der Waals surface area contributed by atoms with Gasteiger partial charge in [-0.15, -0.1) is 0 Å². The van der Waals surface area contributed by atoms with Crippen LogP contribution in [-0.2, 0) is 9.53 Å². The van der Waals surface area contributed by atoms with Gasteiger partial charge in [0.1, 0.15) is 5.82 Å². The lowest BCUT2D eigenvalue weighted by Crippen LogP contribution is -2.10. The van der Waals surface area contributed by atoms with Gasteiger partial charge in [-0.1, -0.05) is 18.2 Å². The van der Waals surface area contributed by atoms with E-state index in [1.54, 1.807) is 6.20 Å². The van der Waals surface area contributed by atoms with Crippen molar-refractivity contribution in [3.63, 3.8) is 0 Å². The lowest BCUT2D eigenvalue weighted by atomic mass is 10.0. The molecule has 0 saturated carbocycles. The van der Waals surface area contributed by atoms with E-state index in [4.69, 9.17) is 4.74 Å². The first kappa shape index (κ1) is 13.1. The van der Waals surface area contributed by atoms with E-state index >= 15 is 0 Å². The van der Waals surface area contributed by atoms with Crippen molar-refractivity contribution in [2.24, 2.45) is 0 Å². The second-order valence-electron chi connectivity index (χ2n) is 4.21. The van der Waals surface area contributed by atoms with Crippen molar-refractivity contribution in [1.29, 1.82) is 0 Å². The number of hydrogen-bond acceptors (Lipinski definition) is 4. The third kappa shape index (κ3) is 3.31. The summed E-state index contributed by atoms with van der Waals surface area (Å²) in [4.78, 5) is 15.6. The molecule has 0 spiro atoms. The van der Waals surface area contributed by atoms with Crippen LogP contribution < -0.4 is 5.32 Å². The molecule has 19 heavy (non-hydrogen) atoms. The van der Waals surface area contributed by atoms with Crippen LogP contribution in [0.15, 0.2) is 48.7 Å². The molecule has 0 saturated heterocycles. The molecule has 4 heteroatoms. The Balaban J connectivity index is 2.08. The van der Waals surface area contributed by atoms with Gasteiger partial charge in [-0.3, -0.25) is 4.79 Å². The highest BCUT2D eigenvalue weighted by atomic mass is 16.5. The molecule has 0 aliphatic heterocycles. The number of carbonyl (C=O) groups is 1. The number of ether oxygens (including phenoxy) is 1. The van der Waals surface area contributed by atoms with Gasteiger partial charge in [-0.05, 0) is 36.8 Å². The number of anilines is 2. The van der Waals surface area contributed by atoms with Crippen LogP contribution in [0.2, 0.25) is 0 Å². The molecule has 1 heterocycles. The first-order valence-corrected chi connectivity index (χ1v) is 6.06. The number of nitrogens with one attached hydrogen (secondary N) is 1. The molecule has 1 N–H and O–H groups in total. The molecule has 0 bridgehead atoms.